The van der Waals surface area contributed by atoms with Crippen LogP contribution in [0.1, 0.15) is 11.1 Å². The molecule has 0 saturated heterocycles. The van der Waals surface area contributed by atoms with Gasteiger partial charge in [0, 0.05) is 25.2 Å². The normalized spacial score (nSPS) is 12.2. The Bertz CT molecular complexity index is 679. The summed E-state index contributed by atoms with van der Waals surface area (Å²) in [5.41, 5.74) is 2.47. The summed E-state index contributed by atoms with van der Waals surface area (Å²) in [6.45, 7) is 1.96. The number of sulfonamides is 1. The van der Waals surface area contributed by atoms with Crippen LogP contribution in [0.15, 0.2) is 18.3 Å². The molecule has 0 atom stereocenters. The average molecular weight is 271 g/mol. The molecule has 7 heteroatoms. The third kappa shape index (κ3) is 2.68. The van der Waals surface area contributed by atoms with Crippen LogP contribution in [0.3, 0.4) is 0 Å². The van der Waals surface area contributed by atoms with Crippen LogP contribution in [0.4, 0.5) is 4.39 Å². The smallest absolute Gasteiger partial charge is 0.241 e. The van der Waals surface area contributed by atoms with Crippen molar-refractivity contribution in [1.82, 2.24) is 14.5 Å². The molecule has 2 rings (SSSR count). The highest BCUT2D eigenvalue weighted by atomic mass is 32.2. The summed E-state index contributed by atoms with van der Waals surface area (Å²) in [4.78, 5) is 0. The van der Waals surface area contributed by atoms with Gasteiger partial charge in [0.25, 0.3) is 0 Å². The average Bonchev–Trinajstić information content (AvgIpc) is 2.66. The molecule has 0 amide bonds. The van der Waals surface area contributed by atoms with E-state index < -0.39 is 16.0 Å². The van der Waals surface area contributed by atoms with Gasteiger partial charge in [-0.15, -0.1) is 0 Å². The van der Waals surface area contributed by atoms with E-state index in [9.17, 15) is 12.8 Å². The summed E-state index contributed by atoms with van der Waals surface area (Å²) in [5.74, 6) is 0. The molecule has 0 aliphatic heterocycles. The largest absolute Gasteiger partial charge is 0.275 e. The molecule has 0 saturated carbocycles. The van der Waals surface area contributed by atoms with E-state index in [1.54, 1.807) is 11.7 Å². The number of hydrogen-bond acceptors (Lipinski definition) is 3. The predicted molar refractivity (Wildman–Crippen MR) is 67.2 cm³/mol. The summed E-state index contributed by atoms with van der Waals surface area (Å²) in [7, 11) is -2.05. The third-order valence-electron chi connectivity index (χ3n) is 2.57. The van der Waals surface area contributed by atoms with E-state index in [1.807, 2.05) is 25.3 Å². The van der Waals surface area contributed by atoms with Gasteiger partial charge in [0.2, 0.25) is 16.0 Å². The van der Waals surface area contributed by atoms with E-state index in [2.05, 4.69) is 9.82 Å². The number of nitrogens with one attached hydrogen (secondary N) is 1. The number of benzene rings is 1. The highest BCUT2D eigenvalue weighted by molar-refractivity contribution is 7.89. The Kier molecular flexibility index (Phi) is 3.36. The topological polar surface area (TPSA) is 64.0 Å². The van der Waals surface area contributed by atoms with E-state index in [4.69, 9.17) is 0 Å². The Balaban J connectivity index is 2.38. The summed E-state index contributed by atoms with van der Waals surface area (Å²) in [5, 5.41) is 5.21. The minimum absolute atomic E-state index is 0.0431. The first-order valence-electron chi connectivity index (χ1n) is 5.37. The molecule has 1 aromatic heterocycles. The van der Waals surface area contributed by atoms with E-state index in [-0.39, 0.29) is 6.54 Å². The predicted octanol–water partition coefficient (Wildman–Crippen LogP) is 1.23. The van der Waals surface area contributed by atoms with Crippen molar-refractivity contribution in [2.75, 3.05) is 6.01 Å². The minimum Gasteiger partial charge on any atom is -0.275 e. The van der Waals surface area contributed by atoms with Gasteiger partial charge in [0.05, 0.1) is 5.52 Å². The molecule has 1 heterocycles. The van der Waals surface area contributed by atoms with Gasteiger partial charge in [-0.2, -0.15) is 5.10 Å². The molecule has 0 unspecified atom stereocenters. The summed E-state index contributed by atoms with van der Waals surface area (Å²) in [6, 6.07) is 2.40. The van der Waals surface area contributed by atoms with Gasteiger partial charge >= 0.3 is 0 Å². The fourth-order valence-corrected chi connectivity index (χ4v) is 2.31. The lowest BCUT2D eigenvalue weighted by molar-refractivity contribution is 0.523. The Morgan fingerprint density at radius 2 is 2.17 bits per heavy atom. The molecule has 2 aromatic rings. The molecule has 98 valence electrons. The lowest BCUT2D eigenvalue weighted by Crippen LogP contribution is -2.24. The number of hydrogen-bond donors (Lipinski definition) is 1. The summed E-state index contributed by atoms with van der Waals surface area (Å²) in [6.07, 6.45) is 1.86. The van der Waals surface area contributed by atoms with Crippen LogP contribution in [-0.4, -0.2) is 24.2 Å². The molecule has 0 fully saturated rings. The maximum Gasteiger partial charge on any atom is 0.241 e. The van der Waals surface area contributed by atoms with E-state index in [1.165, 1.54) is 0 Å². The Labute approximate surface area is 105 Å². The van der Waals surface area contributed by atoms with Crippen LogP contribution in [-0.2, 0) is 23.6 Å². The number of fused-ring (bicyclic) bond motifs is 1. The quantitative estimate of drug-likeness (QED) is 0.909. The standard InChI is InChI=1S/C11H14FN3O2S/c1-8-3-9(5-13-18(16,17)7-12)11-10(4-8)6-15(2)14-11/h3-4,6,13H,5,7H2,1-2H3. The van der Waals surface area contributed by atoms with Crippen LogP contribution in [0.25, 0.3) is 10.9 Å². The number of aryl methyl sites for hydroxylation is 2. The van der Waals surface area contributed by atoms with Crippen LogP contribution < -0.4 is 4.72 Å². The zero-order valence-electron chi connectivity index (χ0n) is 10.1. The van der Waals surface area contributed by atoms with E-state index in [0.717, 1.165) is 22.0 Å². The molecule has 0 bridgehead atoms. The first-order chi connectivity index (χ1) is 8.41. The molecule has 1 N–H and O–H groups in total. The van der Waals surface area contributed by atoms with Crippen molar-refractivity contribution < 1.29 is 12.8 Å². The monoisotopic (exact) mass is 271 g/mol. The van der Waals surface area contributed by atoms with Crippen molar-refractivity contribution in [2.45, 2.75) is 13.5 Å². The second-order valence-electron chi connectivity index (χ2n) is 4.21. The van der Waals surface area contributed by atoms with Gasteiger partial charge in [-0.25, -0.2) is 17.5 Å². The Morgan fingerprint density at radius 3 is 2.83 bits per heavy atom. The molecule has 1 aromatic carbocycles. The van der Waals surface area contributed by atoms with Crippen molar-refractivity contribution in [1.29, 1.82) is 0 Å². The Morgan fingerprint density at radius 1 is 1.44 bits per heavy atom. The van der Waals surface area contributed by atoms with Gasteiger partial charge in [-0.1, -0.05) is 11.6 Å². The number of alkyl halides is 1. The Hall–Kier alpha value is -1.47. The van der Waals surface area contributed by atoms with E-state index >= 15 is 0 Å². The van der Waals surface area contributed by atoms with Crippen molar-refractivity contribution in [3.63, 3.8) is 0 Å². The van der Waals surface area contributed by atoms with Crippen molar-refractivity contribution in [3.8, 4) is 0 Å². The second-order valence-corrected chi connectivity index (χ2v) is 5.95. The van der Waals surface area contributed by atoms with Crippen molar-refractivity contribution in [3.05, 3.63) is 29.5 Å². The number of aromatic nitrogens is 2. The molecule has 0 radical (unpaired) electrons. The highest BCUT2D eigenvalue weighted by Gasteiger charge is 2.12. The zero-order chi connectivity index (χ0) is 13.3. The number of rotatable bonds is 4. The molecule has 18 heavy (non-hydrogen) atoms. The molecule has 5 nitrogen and oxygen atoms in total. The first kappa shape index (κ1) is 13.0. The van der Waals surface area contributed by atoms with Crippen LogP contribution >= 0.6 is 0 Å². The highest BCUT2D eigenvalue weighted by Crippen LogP contribution is 2.19. The molecule has 0 aliphatic carbocycles. The third-order valence-corrected chi connectivity index (χ3v) is 3.44. The van der Waals surface area contributed by atoms with Gasteiger partial charge < -0.3 is 0 Å². The maximum absolute atomic E-state index is 12.2. The van der Waals surface area contributed by atoms with Gasteiger partial charge in [0.15, 0.2) is 0 Å². The van der Waals surface area contributed by atoms with Crippen molar-refractivity contribution in [2.24, 2.45) is 7.05 Å². The van der Waals surface area contributed by atoms with Gasteiger partial charge in [-0.05, 0) is 18.6 Å². The molecular formula is C11H14FN3O2S. The molecule has 0 spiro atoms. The number of nitrogens with zero attached hydrogens (tertiary/aromatic N) is 2. The second kappa shape index (κ2) is 4.66. The van der Waals surface area contributed by atoms with Crippen LogP contribution in [0, 0.1) is 6.92 Å². The summed E-state index contributed by atoms with van der Waals surface area (Å²) >= 11 is 0. The molecule has 0 aliphatic rings. The molecular weight excluding hydrogens is 257 g/mol. The van der Waals surface area contributed by atoms with Crippen molar-refractivity contribution >= 4 is 20.9 Å². The number of halogens is 1. The fourth-order valence-electron chi connectivity index (χ4n) is 1.85. The SMILES string of the molecule is Cc1cc(CNS(=O)(=O)CF)c2nn(C)cc2c1. The minimum atomic E-state index is -3.84. The van der Waals surface area contributed by atoms with Gasteiger partial charge in [-0.3, -0.25) is 4.68 Å². The fraction of sp³-hybridized carbons (Fsp3) is 0.364. The maximum atomic E-state index is 12.2. The van der Waals surface area contributed by atoms with E-state index in [0.29, 0.717) is 0 Å². The van der Waals surface area contributed by atoms with Crippen LogP contribution in [0.5, 0.6) is 0 Å². The first-order valence-corrected chi connectivity index (χ1v) is 7.03. The zero-order valence-corrected chi connectivity index (χ0v) is 11.0. The lowest BCUT2D eigenvalue weighted by atomic mass is 10.1. The summed E-state index contributed by atoms with van der Waals surface area (Å²) < 4.78 is 38.2. The van der Waals surface area contributed by atoms with Crippen LogP contribution in [0.2, 0.25) is 0 Å². The lowest BCUT2D eigenvalue weighted by Gasteiger charge is -2.05. The van der Waals surface area contributed by atoms with Gasteiger partial charge in [0.1, 0.15) is 0 Å².